The summed E-state index contributed by atoms with van der Waals surface area (Å²) in [5, 5.41) is 12.6. The molecule has 3 nitrogen and oxygen atoms in total. The summed E-state index contributed by atoms with van der Waals surface area (Å²) in [6.07, 6.45) is -0.705. The number of carbonyl (C=O) groups is 1. The van der Waals surface area contributed by atoms with E-state index < -0.39 is 6.10 Å². The molecule has 0 spiro atoms. The van der Waals surface area contributed by atoms with Crippen molar-refractivity contribution in [2.24, 2.45) is 0 Å². The first-order valence-electron chi connectivity index (χ1n) is 7.73. The molecule has 1 atom stereocenters. The van der Waals surface area contributed by atoms with Gasteiger partial charge < -0.3 is 10.0 Å². The number of aliphatic hydroxyl groups is 1. The van der Waals surface area contributed by atoms with E-state index in [0.29, 0.717) is 5.56 Å². The number of aliphatic hydroxyl groups excluding tert-OH is 1. The van der Waals surface area contributed by atoms with Crippen LogP contribution in [0.2, 0.25) is 0 Å². The Morgan fingerprint density at radius 2 is 1.70 bits per heavy atom. The fraction of sp³-hybridized carbons (Fsp3) is 0.150. The van der Waals surface area contributed by atoms with Gasteiger partial charge in [-0.2, -0.15) is 0 Å². The van der Waals surface area contributed by atoms with Gasteiger partial charge in [0.1, 0.15) is 0 Å². The Morgan fingerprint density at radius 1 is 1.00 bits per heavy atom. The third-order valence-electron chi connectivity index (χ3n) is 4.47. The quantitative estimate of drug-likeness (QED) is 0.798. The topological polar surface area (TPSA) is 40.5 Å². The molecule has 0 radical (unpaired) electrons. The Balaban J connectivity index is 1.70. The predicted molar refractivity (Wildman–Crippen MR) is 91.8 cm³/mol. The van der Waals surface area contributed by atoms with Crippen LogP contribution in [0.5, 0.6) is 0 Å². The van der Waals surface area contributed by atoms with Gasteiger partial charge in [0.25, 0.3) is 5.91 Å². The van der Waals surface area contributed by atoms with Crippen molar-refractivity contribution in [2.45, 2.75) is 13.0 Å². The molecule has 0 saturated heterocycles. The summed E-state index contributed by atoms with van der Waals surface area (Å²) < 4.78 is 0. The summed E-state index contributed by atoms with van der Waals surface area (Å²) in [7, 11) is 0. The van der Waals surface area contributed by atoms with Crippen LogP contribution in [0.1, 0.15) is 27.6 Å². The molecule has 1 unspecified atom stereocenters. The zero-order chi connectivity index (χ0) is 16.0. The number of anilines is 1. The van der Waals surface area contributed by atoms with Crippen LogP contribution in [-0.4, -0.2) is 17.6 Å². The van der Waals surface area contributed by atoms with Crippen molar-refractivity contribution >= 4 is 22.4 Å². The molecule has 4 rings (SSSR count). The second-order valence-electron chi connectivity index (χ2n) is 6.02. The Bertz CT molecular complexity index is 894. The summed E-state index contributed by atoms with van der Waals surface area (Å²) in [6.45, 7) is 2.27. The van der Waals surface area contributed by atoms with Crippen LogP contribution in [-0.2, 0) is 0 Å². The average Bonchev–Trinajstić information content (AvgIpc) is 2.84. The van der Waals surface area contributed by atoms with Crippen LogP contribution in [0.25, 0.3) is 10.8 Å². The number of amides is 1. The molecule has 1 aliphatic heterocycles. The monoisotopic (exact) mass is 303 g/mol. The van der Waals surface area contributed by atoms with Crippen molar-refractivity contribution in [1.29, 1.82) is 0 Å². The Morgan fingerprint density at radius 3 is 2.43 bits per heavy atom. The highest BCUT2D eigenvalue weighted by atomic mass is 16.3. The lowest BCUT2D eigenvalue weighted by Gasteiger charge is -2.21. The zero-order valence-corrected chi connectivity index (χ0v) is 12.9. The van der Waals surface area contributed by atoms with Crippen molar-refractivity contribution in [3.63, 3.8) is 0 Å². The molecule has 3 aromatic carbocycles. The molecule has 3 aromatic rings. The molecule has 114 valence electrons. The van der Waals surface area contributed by atoms with Gasteiger partial charge in [-0.1, -0.05) is 54.1 Å². The van der Waals surface area contributed by atoms with Gasteiger partial charge in [-0.3, -0.25) is 4.79 Å². The van der Waals surface area contributed by atoms with E-state index in [2.05, 4.69) is 0 Å². The molecule has 1 amide bonds. The molecule has 0 saturated carbocycles. The van der Waals surface area contributed by atoms with Crippen LogP contribution in [0.3, 0.4) is 0 Å². The van der Waals surface area contributed by atoms with E-state index in [0.717, 1.165) is 27.6 Å². The van der Waals surface area contributed by atoms with Crippen molar-refractivity contribution < 1.29 is 9.90 Å². The largest absolute Gasteiger partial charge is 0.387 e. The van der Waals surface area contributed by atoms with Crippen molar-refractivity contribution in [1.82, 2.24) is 0 Å². The number of β-amino-alcohol motifs (C(OH)–C–C–N with tert-alkyl or cyclic N) is 1. The molecule has 3 heteroatoms. The number of benzene rings is 3. The lowest BCUT2D eigenvalue weighted by atomic mass is 10.1. The highest BCUT2D eigenvalue weighted by Crippen LogP contribution is 2.38. The van der Waals surface area contributed by atoms with Gasteiger partial charge in [0.2, 0.25) is 0 Å². The standard InChI is InChI=1S/C20H17NO2/c1-13-8-10-14(11-9-13)18(22)12-21-17-7-3-5-15-4-2-6-16(19(15)17)20(21)23/h2-11,18,22H,12H2,1H3. The lowest BCUT2D eigenvalue weighted by Crippen LogP contribution is -2.31. The maximum absolute atomic E-state index is 12.7. The fourth-order valence-corrected chi connectivity index (χ4v) is 3.23. The van der Waals surface area contributed by atoms with Crippen LogP contribution < -0.4 is 4.90 Å². The van der Waals surface area contributed by atoms with E-state index in [9.17, 15) is 9.90 Å². The third kappa shape index (κ3) is 2.21. The average molecular weight is 303 g/mol. The second kappa shape index (κ2) is 5.21. The lowest BCUT2D eigenvalue weighted by molar-refractivity contribution is 0.0969. The van der Waals surface area contributed by atoms with E-state index in [1.807, 2.05) is 67.6 Å². The first kappa shape index (κ1) is 14.0. The molecule has 1 N–H and O–H groups in total. The van der Waals surface area contributed by atoms with E-state index in [4.69, 9.17) is 0 Å². The number of hydrogen-bond donors (Lipinski definition) is 1. The van der Waals surface area contributed by atoms with E-state index in [-0.39, 0.29) is 12.5 Å². The number of rotatable bonds is 3. The van der Waals surface area contributed by atoms with Crippen LogP contribution >= 0.6 is 0 Å². The normalized spacial score (nSPS) is 14.5. The Kier molecular flexibility index (Phi) is 3.17. The highest BCUT2D eigenvalue weighted by molar-refractivity contribution is 6.25. The minimum absolute atomic E-state index is 0.0389. The van der Waals surface area contributed by atoms with Crippen molar-refractivity contribution in [3.05, 3.63) is 77.4 Å². The number of nitrogens with zero attached hydrogens (tertiary/aromatic N) is 1. The third-order valence-corrected chi connectivity index (χ3v) is 4.47. The first-order valence-corrected chi connectivity index (χ1v) is 7.73. The summed E-state index contributed by atoms with van der Waals surface area (Å²) >= 11 is 0. The SMILES string of the molecule is Cc1ccc(C(O)CN2C(=O)c3cccc4cccc2c34)cc1. The molecule has 0 fully saturated rings. The van der Waals surface area contributed by atoms with E-state index in [1.165, 1.54) is 0 Å². The van der Waals surface area contributed by atoms with Gasteiger partial charge >= 0.3 is 0 Å². The first-order chi connectivity index (χ1) is 11.1. The summed E-state index contributed by atoms with van der Waals surface area (Å²) in [5.41, 5.74) is 3.57. The predicted octanol–water partition coefficient (Wildman–Crippen LogP) is 3.84. The highest BCUT2D eigenvalue weighted by Gasteiger charge is 2.30. The smallest absolute Gasteiger partial charge is 0.259 e. The molecule has 0 aromatic heterocycles. The zero-order valence-electron chi connectivity index (χ0n) is 12.9. The van der Waals surface area contributed by atoms with Crippen LogP contribution in [0.15, 0.2) is 60.7 Å². The summed E-state index contributed by atoms with van der Waals surface area (Å²) in [4.78, 5) is 14.4. The van der Waals surface area contributed by atoms with Gasteiger partial charge in [0.15, 0.2) is 0 Å². The molecule has 23 heavy (non-hydrogen) atoms. The van der Waals surface area contributed by atoms with E-state index >= 15 is 0 Å². The van der Waals surface area contributed by atoms with Gasteiger partial charge in [0.05, 0.1) is 18.3 Å². The molecule has 1 heterocycles. The second-order valence-corrected chi connectivity index (χ2v) is 6.02. The molecule has 1 aliphatic rings. The summed E-state index contributed by atoms with van der Waals surface area (Å²) in [5.74, 6) is -0.0389. The van der Waals surface area contributed by atoms with E-state index in [1.54, 1.807) is 4.90 Å². The van der Waals surface area contributed by atoms with Gasteiger partial charge in [-0.25, -0.2) is 0 Å². The van der Waals surface area contributed by atoms with Gasteiger partial charge in [-0.05, 0) is 30.0 Å². The molecule has 0 bridgehead atoms. The maximum atomic E-state index is 12.7. The number of aryl methyl sites for hydroxylation is 1. The minimum atomic E-state index is -0.705. The van der Waals surface area contributed by atoms with Gasteiger partial charge in [0, 0.05) is 10.9 Å². The number of carbonyl (C=O) groups excluding carboxylic acids is 1. The summed E-state index contributed by atoms with van der Waals surface area (Å²) in [6, 6.07) is 19.4. The Hall–Kier alpha value is -2.65. The van der Waals surface area contributed by atoms with Crippen LogP contribution in [0.4, 0.5) is 5.69 Å². The van der Waals surface area contributed by atoms with Crippen molar-refractivity contribution in [2.75, 3.05) is 11.4 Å². The maximum Gasteiger partial charge on any atom is 0.259 e. The van der Waals surface area contributed by atoms with Crippen LogP contribution in [0, 0.1) is 6.92 Å². The number of hydrogen-bond acceptors (Lipinski definition) is 2. The van der Waals surface area contributed by atoms with Gasteiger partial charge in [-0.15, -0.1) is 0 Å². The molecular formula is C20H17NO2. The molecular weight excluding hydrogens is 286 g/mol. The fourth-order valence-electron chi connectivity index (χ4n) is 3.23. The molecule has 0 aliphatic carbocycles. The van der Waals surface area contributed by atoms with Crippen molar-refractivity contribution in [3.8, 4) is 0 Å². The Labute approximate surface area is 134 Å². The minimum Gasteiger partial charge on any atom is -0.387 e.